The van der Waals surface area contributed by atoms with E-state index in [4.69, 9.17) is 14.2 Å². The van der Waals surface area contributed by atoms with E-state index in [9.17, 15) is 24.9 Å². The van der Waals surface area contributed by atoms with Crippen molar-refractivity contribution in [3.8, 4) is 11.5 Å². The van der Waals surface area contributed by atoms with Gasteiger partial charge >= 0.3 is 0 Å². The smallest absolute Gasteiger partial charge is 0.247 e. The van der Waals surface area contributed by atoms with E-state index < -0.39 is 30.1 Å². The van der Waals surface area contributed by atoms with Crippen LogP contribution in [-0.4, -0.2) is 89.8 Å². The molecule has 1 aromatic rings. The van der Waals surface area contributed by atoms with Crippen molar-refractivity contribution in [3.63, 3.8) is 0 Å². The molecule has 0 spiro atoms. The highest BCUT2D eigenvalue weighted by Crippen LogP contribution is 2.51. The van der Waals surface area contributed by atoms with Crippen LogP contribution in [0.15, 0.2) is 23.8 Å². The Morgan fingerprint density at radius 3 is 2.62 bits per heavy atom. The zero-order valence-corrected chi connectivity index (χ0v) is 21.1. The standard InChI is InChI=1S/C27H36N2O8/c1-35-21-11-15(14-31)10-18-22-19(26(33)28-7-8-30)12-20(23(32)25(22)37-24(18)21)29(13-17-6-3-9-36-17)27(34)16-4-2-5-16/h10-12,16-17,20,22-23,25,30-32H,2-9,13-14H2,1H3,(H,28,33)/t17-,20+,22-,23-,25-/m0/s1. The predicted octanol–water partition coefficient (Wildman–Crippen LogP) is 0.618. The summed E-state index contributed by atoms with van der Waals surface area (Å²) in [5.41, 5.74) is 1.57. The number of aliphatic hydroxyl groups excluding tert-OH is 3. The minimum absolute atomic E-state index is 0.0359. The van der Waals surface area contributed by atoms with Crippen molar-refractivity contribution in [2.45, 2.75) is 69.0 Å². The Balaban J connectivity index is 1.56. The van der Waals surface area contributed by atoms with Crippen LogP contribution in [0.2, 0.25) is 0 Å². The van der Waals surface area contributed by atoms with Crippen molar-refractivity contribution in [3.05, 3.63) is 34.9 Å². The first kappa shape index (κ1) is 26.0. The van der Waals surface area contributed by atoms with Crippen LogP contribution in [-0.2, 0) is 20.9 Å². The summed E-state index contributed by atoms with van der Waals surface area (Å²) in [7, 11) is 1.49. The topological polar surface area (TPSA) is 138 Å². The number of nitrogens with one attached hydrogen (secondary N) is 1. The quantitative estimate of drug-likeness (QED) is 0.375. The molecular weight excluding hydrogens is 480 g/mol. The zero-order chi connectivity index (χ0) is 26.1. The molecule has 1 saturated carbocycles. The number of carbonyl (C=O) groups is 2. The molecule has 0 bridgehead atoms. The van der Waals surface area contributed by atoms with E-state index in [0.717, 1.165) is 32.1 Å². The summed E-state index contributed by atoms with van der Waals surface area (Å²) in [6.07, 6.45) is 3.98. The highest BCUT2D eigenvalue weighted by molar-refractivity contribution is 5.96. The third kappa shape index (κ3) is 4.83. The number of aliphatic hydroxyl groups is 3. The Bertz CT molecular complexity index is 1050. The lowest BCUT2D eigenvalue weighted by Gasteiger charge is -2.43. The van der Waals surface area contributed by atoms with Gasteiger partial charge in [0.1, 0.15) is 12.2 Å². The van der Waals surface area contributed by atoms with Crippen LogP contribution in [0.5, 0.6) is 11.5 Å². The summed E-state index contributed by atoms with van der Waals surface area (Å²) < 4.78 is 17.6. The number of ether oxygens (including phenoxy) is 3. The molecule has 5 atom stereocenters. The number of hydrogen-bond donors (Lipinski definition) is 4. The molecule has 5 rings (SSSR count). The van der Waals surface area contributed by atoms with Crippen molar-refractivity contribution < 1.29 is 39.1 Å². The predicted molar refractivity (Wildman–Crippen MR) is 132 cm³/mol. The molecule has 2 fully saturated rings. The molecule has 0 unspecified atom stereocenters. The fourth-order valence-electron chi connectivity index (χ4n) is 5.88. The van der Waals surface area contributed by atoms with Crippen LogP contribution in [0.4, 0.5) is 0 Å². The van der Waals surface area contributed by atoms with Crippen LogP contribution in [0, 0.1) is 5.92 Å². The maximum absolute atomic E-state index is 13.6. The van der Waals surface area contributed by atoms with Gasteiger partial charge in [0.25, 0.3) is 0 Å². The first-order valence-electron chi connectivity index (χ1n) is 13.2. The molecular formula is C27H36N2O8. The summed E-state index contributed by atoms with van der Waals surface area (Å²) >= 11 is 0. The number of amides is 2. The Kier molecular flexibility index (Phi) is 7.71. The van der Waals surface area contributed by atoms with Gasteiger partial charge in [-0.2, -0.15) is 0 Å². The second kappa shape index (κ2) is 11.0. The van der Waals surface area contributed by atoms with E-state index in [-0.39, 0.29) is 37.7 Å². The lowest BCUT2D eigenvalue weighted by Crippen LogP contribution is -2.58. The number of nitrogens with zero attached hydrogens (tertiary/aromatic N) is 1. The SMILES string of the molecule is COc1cc(CO)cc2c1O[C@@H]1[C@@H](O)[C@H](N(C[C@@H]3CCCO3)C(=O)C3CCC3)C=C(C(=O)NCCO)[C@H]21. The minimum Gasteiger partial charge on any atom is -0.493 e. The number of benzene rings is 1. The van der Waals surface area contributed by atoms with Gasteiger partial charge in [0, 0.05) is 36.8 Å². The van der Waals surface area contributed by atoms with E-state index in [2.05, 4.69) is 5.32 Å². The summed E-state index contributed by atoms with van der Waals surface area (Å²) in [5, 5.41) is 33.5. The van der Waals surface area contributed by atoms with Crippen LogP contribution >= 0.6 is 0 Å². The number of carbonyl (C=O) groups excluding carboxylic acids is 2. The Morgan fingerprint density at radius 1 is 1.19 bits per heavy atom. The van der Waals surface area contributed by atoms with Crippen LogP contribution < -0.4 is 14.8 Å². The van der Waals surface area contributed by atoms with Gasteiger partial charge in [0.15, 0.2) is 11.5 Å². The molecule has 37 heavy (non-hydrogen) atoms. The normalized spacial score (nSPS) is 28.4. The number of hydrogen-bond acceptors (Lipinski definition) is 8. The fourth-order valence-corrected chi connectivity index (χ4v) is 5.88. The van der Waals surface area contributed by atoms with E-state index in [1.54, 1.807) is 23.1 Å². The molecule has 2 aliphatic carbocycles. The van der Waals surface area contributed by atoms with Crippen LogP contribution in [0.3, 0.4) is 0 Å². The number of rotatable bonds is 9. The molecule has 0 aromatic heterocycles. The molecule has 4 N–H and O–H groups in total. The van der Waals surface area contributed by atoms with Crippen molar-refractivity contribution in [2.24, 2.45) is 5.92 Å². The molecule has 10 heteroatoms. The maximum Gasteiger partial charge on any atom is 0.247 e. The summed E-state index contributed by atoms with van der Waals surface area (Å²) in [5.74, 6) is -0.364. The molecule has 1 saturated heterocycles. The van der Waals surface area contributed by atoms with Crippen molar-refractivity contribution in [1.29, 1.82) is 0 Å². The van der Waals surface area contributed by atoms with Gasteiger partial charge in [-0.3, -0.25) is 9.59 Å². The first-order chi connectivity index (χ1) is 18.0. The van der Waals surface area contributed by atoms with Crippen LogP contribution in [0.1, 0.15) is 49.1 Å². The molecule has 2 amide bonds. The first-order valence-corrected chi connectivity index (χ1v) is 13.2. The Morgan fingerprint density at radius 2 is 2.00 bits per heavy atom. The van der Waals surface area contributed by atoms with Crippen molar-refractivity contribution >= 4 is 11.8 Å². The van der Waals surface area contributed by atoms with Gasteiger partial charge in [-0.25, -0.2) is 0 Å². The summed E-state index contributed by atoms with van der Waals surface area (Å²) in [4.78, 5) is 28.7. The largest absolute Gasteiger partial charge is 0.493 e. The number of methoxy groups -OCH3 is 1. The molecule has 0 radical (unpaired) electrons. The van der Waals surface area contributed by atoms with E-state index >= 15 is 0 Å². The van der Waals surface area contributed by atoms with E-state index in [1.807, 2.05) is 0 Å². The molecule has 2 heterocycles. The van der Waals surface area contributed by atoms with Gasteiger partial charge in [-0.1, -0.05) is 6.42 Å². The highest BCUT2D eigenvalue weighted by atomic mass is 16.5. The average Bonchev–Trinajstić information content (AvgIpc) is 3.53. The molecule has 4 aliphatic rings. The second-order valence-electron chi connectivity index (χ2n) is 10.3. The highest BCUT2D eigenvalue weighted by Gasteiger charge is 2.52. The fraction of sp³-hybridized carbons (Fsp3) is 0.630. The number of fused-ring (bicyclic) bond motifs is 3. The monoisotopic (exact) mass is 516 g/mol. The van der Waals surface area contributed by atoms with Gasteiger partial charge < -0.3 is 39.7 Å². The Hall–Kier alpha value is -2.66. The molecule has 1 aromatic carbocycles. The molecule has 10 nitrogen and oxygen atoms in total. The summed E-state index contributed by atoms with van der Waals surface area (Å²) in [6, 6.07) is 2.64. The van der Waals surface area contributed by atoms with Gasteiger partial charge in [0.05, 0.1) is 38.4 Å². The minimum atomic E-state index is -1.11. The molecule has 2 aliphatic heterocycles. The van der Waals surface area contributed by atoms with E-state index in [1.165, 1.54) is 7.11 Å². The lowest BCUT2D eigenvalue weighted by atomic mass is 9.76. The zero-order valence-electron chi connectivity index (χ0n) is 21.1. The Labute approximate surface area is 216 Å². The van der Waals surface area contributed by atoms with Gasteiger partial charge in [-0.05, 0) is 49.5 Å². The maximum atomic E-state index is 13.6. The van der Waals surface area contributed by atoms with Gasteiger partial charge in [0.2, 0.25) is 11.8 Å². The lowest BCUT2D eigenvalue weighted by molar-refractivity contribution is -0.146. The third-order valence-electron chi connectivity index (χ3n) is 8.02. The third-order valence-corrected chi connectivity index (χ3v) is 8.02. The van der Waals surface area contributed by atoms with Crippen LogP contribution in [0.25, 0.3) is 0 Å². The van der Waals surface area contributed by atoms with Crippen molar-refractivity contribution in [1.82, 2.24) is 10.2 Å². The second-order valence-corrected chi connectivity index (χ2v) is 10.3. The van der Waals surface area contributed by atoms with Crippen molar-refractivity contribution in [2.75, 3.05) is 33.4 Å². The molecule has 202 valence electrons. The van der Waals surface area contributed by atoms with Gasteiger partial charge in [-0.15, -0.1) is 0 Å². The van der Waals surface area contributed by atoms with E-state index in [0.29, 0.717) is 41.4 Å². The summed E-state index contributed by atoms with van der Waals surface area (Å²) in [6.45, 7) is 0.591. The average molecular weight is 517 g/mol.